The monoisotopic (exact) mass is 267 g/mol. The van der Waals surface area contributed by atoms with Gasteiger partial charge in [-0.15, -0.1) is 0 Å². The maximum atomic E-state index is 12.0. The summed E-state index contributed by atoms with van der Waals surface area (Å²) in [5, 5.41) is 4.00. The number of ether oxygens (including phenoxy) is 1. The number of hydrogen-bond donors (Lipinski definition) is 1. The van der Waals surface area contributed by atoms with Gasteiger partial charge in [-0.2, -0.15) is 0 Å². The lowest BCUT2D eigenvalue weighted by Crippen LogP contribution is -2.16. The zero-order valence-electron chi connectivity index (χ0n) is 9.84. The van der Waals surface area contributed by atoms with E-state index in [1.54, 1.807) is 25.1 Å². The molecule has 0 bridgehead atoms. The number of rotatable bonds is 3. The zero-order valence-corrected chi connectivity index (χ0v) is 10.7. The molecule has 1 heterocycles. The van der Waals surface area contributed by atoms with E-state index < -0.39 is 15.8 Å². The molecule has 1 aliphatic rings. The molecule has 0 radical (unpaired) electrons. The zero-order chi connectivity index (χ0) is 13.2. The molecular weight excluding hydrogens is 254 g/mol. The van der Waals surface area contributed by atoms with Crippen LogP contribution < -0.4 is 5.32 Å². The summed E-state index contributed by atoms with van der Waals surface area (Å²) in [6.45, 7) is 1.97. The summed E-state index contributed by atoms with van der Waals surface area (Å²) in [6.07, 6.45) is -0.0819. The van der Waals surface area contributed by atoms with Crippen molar-refractivity contribution in [3.05, 3.63) is 35.4 Å². The minimum absolute atomic E-state index is 0.0819. The number of carbonyl (C=O) groups is 1. The van der Waals surface area contributed by atoms with Crippen molar-refractivity contribution in [2.75, 3.05) is 11.9 Å². The van der Waals surface area contributed by atoms with Gasteiger partial charge in [0.2, 0.25) is 9.84 Å². The standard InChI is InChI=1S/C12H13NO4S/c1-2-17-12(14)7-9-8-18(15,16)11-6-4-3-5-10(11)13-9/h3-6,8,13H,2,7H2,1H3. The number of nitrogens with one attached hydrogen (secondary N) is 1. The molecule has 1 aromatic carbocycles. The number of sulfone groups is 1. The minimum Gasteiger partial charge on any atom is -0.466 e. The highest BCUT2D eigenvalue weighted by Crippen LogP contribution is 2.30. The average Bonchev–Trinajstić information content (AvgIpc) is 2.28. The first-order valence-electron chi connectivity index (χ1n) is 5.50. The van der Waals surface area contributed by atoms with Gasteiger partial charge < -0.3 is 10.1 Å². The largest absolute Gasteiger partial charge is 0.466 e. The third-order valence-electron chi connectivity index (χ3n) is 2.43. The lowest BCUT2D eigenvalue weighted by atomic mass is 10.2. The van der Waals surface area contributed by atoms with Crippen molar-refractivity contribution in [2.45, 2.75) is 18.2 Å². The van der Waals surface area contributed by atoms with Crippen molar-refractivity contribution >= 4 is 21.5 Å². The Morgan fingerprint density at radius 2 is 2.06 bits per heavy atom. The maximum absolute atomic E-state index is 12.0. The third-order valence-corrected chi connectivity index (χ3v) is 3.99. The van der Waals surface area contributed by atoms with Gasteiger partial charge in [0.05, 0.1) is 29.0 Å². The Kier molecular flexibility index (Phi) is 3.38. The van der Waals surface area contributed by atoms with Crippen LogP contribution in [-0.2, 0) is 19.4 Å². The van der Waals surface area contributed by atoms with Crippen LogP contribution in [0.25, 0.3) is 0 Å². The van der Waals surface area contributed by atoms with Crippen LogP contribution in [0, 0.1) is 0 Å². The molecule has 0 aliphatic carbocycles. The Bertz CT molecular complexity index is 604. The molecule has 0 saturated heterocycles. The fourth-order valence-corrected chi connectivity index (χ4v) is 3.06. The lowest BCUT2D eigenvalue weighted by Gasteiger charge is -2.18. The first-order valence-corrected chi connectivity index (χ1v) is 7.05. The number of fused-ring (bicyclic) bond motifs is 1. The van der Waals surface area contributed by atoms with Crippen molar-refractivity contribution in [3.8, 4) is 0 Å². The van der Waals surface area contributed by atoms with Gasteiger partial charge in [0.25, 0.3) is 0 Å². The number of benzene rings is 1. The van der Waals surface area contributed by atoms with Crippen LogP contribution in [0.4, 0.5) is 5.69 Å². The highest BCUT2D eigenvalue weighted by atomic mass is 32.2. The van der Waals surface area contributed by atoms with Gasteiger partial charge in [0, 0.05) is 5.70 Å². The Hall–Kier alpha value is -1.82. The van der Waals surface area contributed by atoms with Crippen LogP contribution in [0.1, 0.15) is 13.3 Å². The summed E-state index contributed by atoms with van der Waals surface area (Å²) in [5.74, 6) is -0.453. The second-order valence-electron chi connectivity index (χ2n) is 3.79. The first kappa shape index (κ1) is 12.6. The topological polar surface area (TPSA) is 72.5 Å². The molecule has 6 heteroatoms. The summed E-state index contributed by atoms with van der Waals surface area (Å²) in [6, 6.07) is 6.57. The quantitative estimate of drug-likeness (QED) is 0.843. The summed E-state index contributed by atoms with van der Waals surface area (Å²) >= 11 is 0. The molecule has 0 saturated carbocycles. The molecule has 96 valence electrons. The van der Waals surface area contributed by atoms with Crippen LogP contribution in [0.3, 0.4) is 0 Å². The van der Waals surface area contributed by atoms with Crippen LogP contribution in [0.5, 0.6) is 0 Å². The minimum atomic E-state index is -3.48. The van der Waals surface area contributed by atoms with Crippen molar-refractivity contribution in [1.29, 1.82) is 0 Å². The van der Waals surface area contributed by atoms with Gasteiger partial charge in [0.15, 0.2) is 0 Å². The van der Waals surface area contributed by atoms with Crippen LogP contribution >= 0.6 is 0 Å². The van der Waals surface area contributed by atoms with Crippen LogP contribution in [0.15, 0.2) is 40.3 Å². The number of carbonyl (C=O) groups excluding carboxylic acids is 1. The Morgan fingerprint density at radius 1 is 1.33 bits per heavy atom. The lowest BCUT2D eigenvalue weighted by molar-refractivity contribution is -0.142. The Balaban J connectivity index is 2.28. The molecule has 1 N–H and O–H groups in total. The summed E-state index contributed by atoms with van der Waals surface area (Å²) in [5.41, 5.74) is 0.812. The fraction of sp³-hybridized carbons (Fsp3) is 0.250. The molecule has 0 aromatic heterocycles. The number of hydrogen-bond acceptors (Lipinski definition) is 5. The van der Waals surface area contributed by atoms with E-state index in [2.05, 4.69) is 5.32 Å². The van der Waals surface area contributed by atoms with Gasteiger partial charge in [-0.05, 0) is 19.1 Å². The summed E-state index contributed by atoms with van der Waals surface area (Å²) in [4.78, 5) is 11.6. The number of para-hydroxylation sites is 1. The normalized spacial score (nSPS) is 16.2. The van der Waals surface area contributed by atoms with Gasteiger partial charge in [-0.1, -0.05) is 12.1 Å². The SMILES string of the molecule is CCOC(=O)CC1=CS(=O)(=O)c2ccccc2N1. The van der Waals surface area contributed by atoms with Gasteiger partial charge in [-0.3, -0.25) is 4.79 Å². The predicted molar refractivity (Wildman–Crippen MR) is 66.6 cm³/mol. The van der Waals surface area contributed by atoms with Crippen LogP contribution in [-0.4, -0.2) is 21.0 Å². The smallest absolute Gasteiger partial charge is 0.311 e. The van der Waals surface area contributed by atoms with Crippen molar-refractivity contribution < 1.29 is 17.9 Å². The molecule has 2 rings (SSSR count). The molecule has 0 atom stereocenters. The highest BCUT2D eigenvalue weighted by Gasteiger charge is 2.23. The second-order valence-corrected chi connectivity index (χ2v) is 5.56. The van der Waals surface area contributed by atoms with E-state index >= 15 is 0 Å². The van der Waals surface area contributed by atoms with Gasteiger partial charge in [0.1, 0.15) is 0 Å². The van der Waals surface area contributed by atoms with E-state index in [0.29, 0.717) is 11.4 Å². The van der Waals surface area contributed by atoms with E-state index in [9.17, 15) is 13.2 Å². The Morgan fingerprint density at radius 3 is 2.78 bits per heavy atom. The number of anilines is 1. The predicted octanol–water partition coefficient (Wildman–Crippen LogP) is 1.68. The molecule has 18 heavy (non-hydrogen) atoms. The van der Waals surface area contributed by atoms with Crippen molar-refractivity contribution in [3.63, 3.8) is 0 Å². The molecule has 5 nitrogen and oxygen atoms in total. The van der Waals surface area contributed by atoms with Crippen LogP contribution in [0.2, 0.25) is 0 Å². The summed E-state index contributed by atoms with van der Waals surface area (Å²) < 4.78 is 28.7. The van der Waals surface area contributed by atoms with Gasteiger partial charge in [-0.25, -0.2) is 8.42 Å². The molecule has 1 aromatic rings. The fourth-order valence-electron chi connectivity index (χ4n) is 1.72. The number of esters is 1. The van der Waals surface area contributed by atoms with Gasteiger partial charge >= 0.3 is 5.97 Å². The first-order chi connectivity index (χ1) is 8.53. The van der Waals surface area contributed by atoms with Crippen molar-refractivity contribution in [2.24, 2.45) is 0 Å². The Labute approximate surface area is 105 Å². The van der Waals surface area contributed by atoms with E-state index in [1.807, 2.05) is 0 Å². The van der Waals surface area contributed by atoms with Crippen molar-refractivity contribution in [1.82, 2.24) is 0 Å². The molecule has 0 amide bonds. The molecule has 0 unspecified atom stereocenters. The van der Waals surface area contributed by atoms with E-state index in [1.165, 1.54) is 6.07 Å². The highest BCUT2D eigenvalue weighted by molar-refractivity contribution is 7.94. The third kappa shape index (κ3) is 2.53. The van der Waals surface area contributed by atoms with E-state index in [4.69, 9.17) is 4.74 Å². The second kappa shape index (κ2) is 4.81. The average molecular weight is 267 g/mol. The molecule has 1 aliphatic heterocycles. The molecule has 0 spiro atoms. The molecule has 0 fully saturated rings. The summed E-state index contributed by atoms with van der Waals surface area (Å²) in [7, 11) is -3.48. The van der Waals surface area contributed by atoms with E-state index in [0.717, 1.165) is 5.41 Å². The van der Waals surface area contributed by atoms with E-state index in [-0.39, 0.29) is 17.9 Å². The molecular formula is C12H13NO4S. The maximum Gasteiger partial charge on any atom is 0.311 e.